The van der Waals surface area contributed by atoms with Crippen LogP contribution < -0.4 is 0 Å². The maximum atomic E-state index is 2.42. The Morgan fingerprint density at radius 2 is 1.00 bits per heavy atom. The topological polar surface area (TPSA) is 4.93 Å². The van der Waals surface area contributed by atoms with Crippen LogP contribution in [0, 0.1) is 0 Å². The summed E-state index contributed by atoms with van der Waals surface area (Å²) >= 11 is 0. The zero-order valence-electron chi connectivity index (χ0n) is 27.8. The summed E-state index contributed by atoms with van der Waals surface area (Å²) < 4.78 is 2.42. The molecular weight excluding hydrogens is 603 g/mol. The van der Waals surface area contributed by atoms with Gasteiger partial charge in [0.05, 0.1) is 11.0 Å². The smallest absolute Gasteiger partial charge is 0.0541 e. The van der Waals surface area contributed by atoms with Crippen molar-refractivity contribution in [2.75, 3.05) is 0 Å². The van der Waals surface area contributed by atoms with E-state index in [1.165, 1.54) is 99.5 Å². The average Bonchev–Trinajstić information content (AvgIpc) is 3.70. The van der Waals surface area contributed by atoms with Crippen molar-refractivity contribution >= 4 is 38.2 Å². The lowest BCUT2D eigenvalue weighted by Crippen LogP contribution is -1.94. The van der Waals surface area contributed by atoms with Gasteiger partial charge >= 0.3 is 0 Å². The largest absolute Gasteiger partial charge is 0.309 e. The van der Waals surface area contributed by atoms with E-state index in [1.54, 1.807) is 0 Å². The molecule has 1 aliphatic carbocycles. The Morgan fingerprint density at radius 1 is 0.380 bits per heavy atom. The second-order valence-electron chi connectivity index (χ2n) is 13.3. The van der Waals surface area contributed by atoms with Crippen molar-refractivity contribution in [2.45, 2.75) is 6.92 Å². The molecule has 0 N–H and O–H groups in total. The Labute approximate surface area is 292 Å². The van der Waals surface area contributed by atoms with E-state index in [0.717, 1.165) is 0 Å². The third-order valence-corrected chi connectivity index (χ3v) is 10.5. The van der Waals surface area contributed by atoms with Crippen LogP contribution >= 0.6 is 0 Å². The molecule has 1 aliphatic rings. The first-order valence-electron chi connectivity index (χ1n) is 17.4. The summed E-state index contributed by atoms with van der Waals surface area (Å²) in [7, 11) is 0. The summed E-state index contributed by atoms with van der Waals surface area (Å²) in [6.45, 7) is 2.15. The molecule has 0 saturated carbocycles. The third-order valence-electron chi connectivity index (χ3n) is 10.5. The number of aromatic nitrogens is 1. The van der Waals surface area contributed by atoms with E-state index >= 15 is 0 Å². The number of hydrogen-bond donors (Lipinski definition) is 0. The van der Waals surface area contributed by atoms with Crippen LogP contribution in [0.2, 0.25) is 0 Å². The number of allylic oxidation sites excluding steroid dienone is 1. The average molecular weight is 636 g/mol. The third kappa shape index (κ3) is 4.41. The minimum absolute atomic E-state index is 1.17. The lowest BCUT2D eigenvalue weighted by Gasteiger charge is -2.13. The van der Waals surface area contributed by atoms with Crippen LogP contribution in [0.4, 0.5) is 0 Å². The first kappa shape index (κ1) is 28.6. The number of benzene rings is 8. The minimum atomic E-state index is 1.17. The number of para-hydroxylation sites is 1. The molecule has 0 bridgehead atoms. The lowest BCUT2D eigenvalue weighted by molar-refractivity contribution is 1.19. The maximum absolute atomic E-state index is 2.42. The van der Waals surface area contributed by atoms with Gasteiger partial charge in [-0.25, -0.2) is 0 Å². The van der Waals surface area contributed by atoms with Crippen LogP contribution in [0.15, 0.2) is 182 Å². The summed E-state index contributed by atoms with van der Waals surface area (Å²) in [6.07, 6.45) is 2.26. The fourth-order valence-corrected chi connectivity index (χ4v) is 8.17. The Hall–Kier alpha value is -6.44. The molecule has 10 rings (SSSR count). The second-order valence-corrected chi connectivity index (χ2v) is 13.3. The highest BCUT2D eigenvalue weighted by Crippen LogP contribution is 2.48. The van der Waals surface area contributed by atoms with Gasteiger partial charge in [-0.15, -0.1) is 0 Å². The molecule has 8 aromatic carbocycles. The van der Waals surface area contributed by atoms with Gasteiger partial charge in [-0.05, 0) is 121 Å². The van der Waals surface area contributed by atoms with E-state index < -0.39 is 0 Å². The second kappa shape index (κ2) is 11.3. The first-order chi connectivity index (χ1) is 24.7. The van der Waals surface area contributed by atoms with E-state index in [1.807, 2.05) is 0 Å². The van der Waals surface area contributed by atoms with Gasteiger partial charge < -0.3 is 4.57 Å². The van der Waals surface area contributed by atoms with Crippen molar-refractivity contribution in [1.29, 1.82) is 0 Å². The zero-order valence-corrected chi connectivity index (χ0v) is 27.8. The molecule has 1 heteroatoms. The molecular formula is C49H33N. The van der Waals surface area contributed by atoms with Crippen molar-refractivity contribution < 1.29 is 0 Å². The Morgan fingerprint density at radius 3 is 1.88 bits per heavy atom. The van der Waals surface area contributed by atoms with Crippen LogP contribution in [-0.4, -0.2) is 4.57 Å². The van der Waals surface area contributed by atoms with Gasteiger partial charge in [0.1, 0.15) is 0 Å². The van der Waals surface area contributed by atoms with Crippen molar-refractivity contribution in [2.24, 2.45) is 0 Å². The molecule has 50 heavy (non-hydrogen) atoms. The summed E-state index contributed by atoms with van der Waals surface area (Å²) in [5.41, 5.74) is 17.7. The molecule has 0 unspecified atom stereocenters. The quantitative estimate of drug-likeness (QED) is 0.181. The normalized spacial score (nSPS) is 12.9. The van der Waals surface area contributed by atoms with Crippen molar-refractivity contribution in [3.8, 4) is 50.2 Å². The van der Waals surface area contributed by atoms with Crippen LogP contribution in [0.3, 0.4) is 0 Å². The molecule has 1 nitrogen and oxygen atoms in total. The fourth-order valence-electron chi connectivity index (χ4n) is 8.17. The van der Waals surface area contributed by atoms with Crippen LogP contribution in [0.1, 0.15) is 18.1 Å². The number of hydrogen-bond acceptors (Lipinski definition) is 0. The molecule has 234 valence electrons. The summed E-state index contributed by atoms with van der Waals surface area (Å²) in [5.74, 6) is 0. The standard InChI is InChI=1S/C49H33N/c1-2-40-42-16-6-7-17-43(42)45-20-11-19-41(49(40)45)38-23-22-36-30-39(26-24-35(36)29-38)50-47-21-9-8-18-44(47)46-31-37(25-27-48(46)50)34-15-10-14-33(28-34)32-12-4-3-5-13-32/h2-31H,1H3/b40-2-. The highest BCUT2D eigenvalue weighted by Gasteiger charge is 2.25. The summed E-state index contributed by atoms with van der Waals surface area (Å²) in [5, 5.41) is 4.99. The van der Waals surface area contributed by atoms with Gasteiger partial charge in [0.2, 0.25) is 0 Å². The zero-order chi connectivity index (χ0) is 33.2. The molecule has 0 aliphatic heterocycles. The van der Waals surface area contributed by atoms with E-state index in [0.29, 0.717) is 0 Å². The van der Waals surface area contributed by atoms with E-state index in [-0.39, 0.29) is 0 Å². The summed E-state index contributed by atoms with van der Waals surface area (Å²) in [4.78, 5) is 0. The predicted molar refractivity (Wildman–Crippen MR) is 213 cm³/mol. The van der Waals surface area contributed by atoms with Gasteiger partial charge in [-0.1, -0.05) is 140 Å². The van der Waals surface area contributed by atoms with E-state index in [4.69, 9.17) is 0 Å². The monoisotopic (exact) mass is 635 g/mol. The van der Waals surface area contributed by atoms with Crippen molar-refractivity contribution in [1.82, 2.24) is 4.57 Å². The van der Waals surface area contributed by atoms with Gasteiger partial charge in [0.25, 0.3) is 0 Å². The van der Waals surface area contributed by atoms with Crippen LogP contribution in [0.5, 0.6) is 0 Å². The maximum Gasteiger partial charge on any atom is 0.0541 e. The molecule has 1 aromatic heterocycles. The Balaban J connectivity index is 1.07. The van der Waals surface area contributed by atoms with Crippen molar-refractivity contribution in [3.05, 3.63) is 193 Å². The SMILES string of the molecule is C/C=C1/c2ccccc2-c2cccc(-c3ccc4cc(-n5c6ccccc6c6cc(-c7cccc(-c8ccccc8)c7)ccc65)ccc4c3)c21. The number of nitrogens with zero attached hydrogens (tertiary/aromatic N) is 1. The molecule has 0 spiro atoms. The predicted octanol–water partition coefficient (Wildman–Crippen LogP) is 13.4. The molecule has 1 heterocycles. The van der Waals surface area contributed by atoms with E-state index in [9.17, 15) is 0 Å². The highest BCUT2D eigenvalue weighted by atomic mass is 15.0. The molecule has 0 radical (unpaired) electrons. The Kier molecular flexibility index (Phi) is 6.47. The van der Waals surface area contributed by atoms with Gasteiger partial charge in [0.15, 0.2) is 0 Å². The van der Waals surface area contributed by atoms with E-state index in [2.05, 4.69) is 193 Å². The number of fused-ring (bicyclic) bond motifs is 7. The fraction of sp³-hybridized carbons (Fsp3) is 0.0204. The van der Waals surface area contributed by atoms with Gasteiger partial charge in [0, 0.05) is 16.5 Å². The van der Waals surface area contributed by atoms with Gasteiger partial charge in [-0.3, -0.25) is 0 Å². The molecule has 9 aromatic rings. The number of rotatable bonds is 4. The molecule has 0 fully saturated rings. The highest BCUT2D eigenvalue weighted by molar-refractivity contribution is 6.11. The summed E-state index contributed by atoms with van der Waals surface area (Å²) in [6, 6.07) is 64.5. The van der Waals surface area contributed by atoms with Crippen molar-refractivity contribution in [3.63, 3.8) is 0 Å². The lowest BCUT2D eigenvalue weighted by atomic mass is 9.92. The molecule has 0 amide bonds. The van der Waals surface area contributed by atoms with Gasteiger partial charge in [-0.2, -0.15) is 0 Å². The molecule has 0 saturated heterocycles. The van der Waals surface area contributed by atoms with Crippen LogP contribution in [0.25, 0.3) is 88.3 Å². The van der Waals surface area contributed by atoms with Crippen LogP contribution in [-0.2, 0) is 0 Å². The minimum Gasteiger partial charge on any atom is -0.309 e. The Bertz CT molecular complexity index is 2810. The molecule has 0 atom stereocenters. The first-order valence-corrected chi connectivity index (χ1v) is 17.4.